The van der Waals surface area contributed by atoms with Crippen LogP contribution in [0.4, 0.5) is 24.5 Å². The molecular formula is C19H20F3N3O4S2. The molecule has 2 aliphatic heterocycles. The number of sulfone groups is 1. The molecule has 168 valence electrons. The third-order valence-electron chi connectivity index (χ3n) is 4.90. The number of benzene rings is 1. The molecule has 0 atom stereocenters. The fourth-order valence-corrected chi connectivity index (χ4v) is 4.51. The molecule has 1 fully saturated rings. The Hall–Kier alpha value is -2.60. The summed E-state index contributed by atoms with van der Waals surface area (Å²) in [5.74, 6) is 0.207. The fraction of sp³-hybridized carbons (Fsp3) is 0.368. The summed E-state index contributed by atoms with van der Waals surface area (Å²) in [4.78, 5) is 16.3. The number of alkyl halides is 3. The van der Waals surface area contributed by atoms with Crippen LogP contribution >= 0.6 is 12.2 Å². The van der Waals surface area contributed by atoms with Crippen LogP contribution < -0.4 is 9.80 Å². The molecule has 3 rings (SSSR count). The van der Waals surface area contributed by atoms with Gasteiger partial charge in [0.25, 0.3) is 20.9 Å². The topological polar surface area (TPSA) is 70.2 Å². The number of allylic oxidation sites excluding steroid dienone is 2. The van der Waals surface area contributed by atoms with Crippen LogP contribution in [0.1, 0.15) is 20.8 Å². The molecule has 0 aliphatic carbocycles. The Morgan fingerprint density at radius 3 is 2.10 bits per heavy atom. The van der Waals surface area contributed by atoms with Crippen LogP contribution in [0.5, 0.6) is 0 Å². The quantitative estimate of drug-likeness (QED) is 0.477. The second-order valence-electron chi connectivity index (χ2n) is 6.56. The van der Waals surface area contributed by atoms with Gasteiger partial charge >= 0.3 is 5.51 Å². The van der Waals surface area contributed by atoms with Gasteiger partial charge in [0.1, 0.15) is 5.82 Å². The first kappa shape index (κ1) is 23.1. The van der Waals surface area contributed by atoms with E-state index in [1.54, 1.807) is 29.7 Å². The van der Waals surface area contributed by atoms with Crippen molar-refractivity contribution in [2.45, 2.75) is 31.2 Å². The van der Waals surface area contributed by atoms with E-state index < -0.39 is 20.2 Å². The van der Waals surface area contributed by atoms with Gasteiger partial charge in [-0.3, -0.25) is 9.69 Å². The molecule has 1 aromatic rings. The first-order valence-corrected chi connectivity index (χ1v) is 11.3. The molecule has 31 heavy (non-hydrogen) atoms. The average Bonchev–Trinajstić information content (AvgIpc) is 3.16. The Morgan fingerprint density at radius 1 is 1.00 bits per heavy atom. The van der Waals surface area contributed by atoms with Crippen molar-refractivity contribution in [1.82, 2.24) is 4.90 Å². The lowest BCUT2D eigenvalue weighted by atomic mass is 10.2. The largest absolute Gasteiger partial charge is 0.501 e. The van der Waals surface area contributed by atoms with Crippen LogP contribution in [0.25, 0.3) is 0 Å². The molecule has 2 aliphatic rings. The molecule has 0 unspecified atom stereocenters. The van der Waals surface area contributed by atoms with Gasteiger partial charge in [0.15, 0.2) is 5.76 Å². The zero-order valence-electron chi connectivity index (χ0n) is 16.9. The van der Waals surface area contributed by atoms with Crippen molar-refractivity contribution in [1.29, 1.82) is 0 Å². The fourth-order valence-electron chi connectivity index (χ4n) is 3.42. The lowest BCUT2D eigenvalue weighted by Gasteiger charge is -2.23. The van der Waals surface area contributed by atoms with E-state index in [0.29, 0.717) is 36.8 Å². The molecule has 0 aromatic heterocycles. The van der Waals surface area contributed by atoms with Gasteiger partial charge in [0.05, 0.1) is 16.3 Å². The van der Waals surface area contributed by atoms with E-state index >= 15 is 0 Å². The van der Waals surface area contributed by atoms with E-state index in [-0.39, 0.29) is 16.8 Å². The SMILES string of the molecule is CCN1C(=O)C(=CC=C2N(CC)c3ccc(S(=O)(=O)C(F)(F)F)cc3N2CC)OC1=S. The van der Waals surface area contributed by atoms with Crippen LogP contribution in [0.15, 0.2) is 46.8 Å². The maximum atomic E-state index is 13.0. The molecule has 12 heteroatoms. The third kappa shape index (κ3) is 3.78. The van der Waals surface area contributed by atoms with E-state index in [9.17, 15) is 26.4 Å². The average molecular weight is 476 g/mol. The molecule has 0 radical (unpaired) electrons. The smallest absolute Gasteiger partial charge is 0.426 e. The first-order valence-electron chi connectivity index (χ1n) is 9.44. The van der Waals surface area contributed by atoms with E-state index in [2.05, 4.69) is 0 Å². The Labute approximate surface area is 183 Å². The highest BCUT2D eigenvalue weighted by atomic mass is 32.2. The number of ether oxygens (including phenoxy) is 1. The van der Waals surface area contributed by atoms with Gasteiger partial charge in [-0.2, -0.15) is 13.2 Å². The summed E-state index contributed by atoms with van der Waals surface area (Å²) in [5.41, 5.74) is -4.52. The highest BCUT2D eigenvalue weighted by Crippen LogP contribution is 2.44. The van der Waals surface area contributed by atoms with Crippen molar-refractivity contribution in [2.24, 2.45) is 0 Å². The zero-order valence-corrected chi connectivity index (χ0v) is 18.6. The van der Waals surface area contributed by atoms with Crippen molar-refractivity contribution in [3.63, 3.8) is 0 Å². The van der Waals surface area contributed by atoms with Crippen LogP contribution in [0.2, 0.25) is 0 Å². The number of nitrogens with zero attached hydrogens (tertiary/aromatic N) is 3. The first-order chi connectivity index (χ1) is 14.5. The number of thiocarbonyl (C=S) groups is 1. The number of likely N-dealkylation sites (N-methyl/N-ethyl adjacent to an activating group) is 1. The molecule has 1 aromatic carbocycles. The third-order valence-corrected chi connectivity index (χ3v) is 6.69. The van der Waals surface area contributed by atoms with Gasteiger partial charge < -0.3 is 14.5 Å². The monoisotopic (exact) mass is 475 g/mol. The van der Waals surface area contributed by atoms with Crippen molar-refractivity contribution in [2.75, 3.05) is 29.4 Å². The zero-order chi connectivity index (χ0) is 23.1. The second-order valence-corrected chi connectivity index (χ2v) is 8.85. The number of hydrogen-bond acceptors (Lipinski definition) is 7. The highest BCUT2D eigenvalue weighted by molar-refractivity contribution is 7.92. The molecule has 7 nitrogen and oxygen atoms in total. The number of hydrogen-bond donors (Lipinski definition) is 0. The molecule has 0 N–H and O–H groups in total. The maximum Gasteiger partial charge on any atom is 0.501 e. The van der Waals surface area contributed by atoms with E-state index in [0.717, 1.165) is 12.1 Å². The second kappa shape index (κ2) is 8.15. The number of amides is 1. The minimum absolute atomic E-state index is 0.0303. The summed E-state index contributed by atoms with van der Waals surface area (Å²) in [6.45, 7) is 6.54. The van der Waals surface area contributed by atoms with Gasteiger partial charge in [0, 0.05) is 19.6 Å². The Kier molecular flexibility index (Phi) is 6.07. The number of anilines is 2. The lowest BCUT2D eigenvalue weighted by Crippen LogP contribution is -2.28. The van der Waals surface area contributed by atoms with Crippen LogP contribution in [0.3, 0.4) is 0 Å². The molecule has 1 amide bonds. The van der Waals surface area contributed by atoms with Crippen molar-refractivity contribution in [3.05, 3.63) is 41.9 Å². The summed E-state index contributed by atoms with van der Waals surface area (Å²) in [6.07, 6.45) is 3.05. The van der Waals surface area contributed by atoms with Gasteiger partial charge in [-0.25, -0.2) is 8.42 Å². The van der Waals surface area contributed by atoms with Crippen LogP contribution in [-0.2, 0) is 19.4 Å². The summed E-state index contributed by atoms with van der Waals surface area (Å²) in [6, 6.07) is 3.31. The molecule has 2 heterocycles. The summed E-state index contributed by atoms with van der Waals surface area (Å²) < 4.78 is 68.0. The summed E-state index contributed by atoms with van der Waals surface area (Å²) in [7, 11) is -5.48. The molecular weight excluding hydrogens is 455 g/mol. The summed E-state index contributed by atoms with van der Waals surface area (Å²) >= 11 is 5.02. The maximum absolute atomic E-state index is 13.0. The lowest BCUT2D eigenvalue weighted by molar-refractivity contribution is -0.122. The van der Waals surface area contributed by atoms with Crippen molar-refractivity contribution in [3.8, 4) is 0 Å². The number of halogens is 3. The molecule has 0 spiro atoms. The highest BCUT2D eigenvalue weighted by Gasteiger charge is 2.47. The standard InChI is InChI=1S/C19H20F3N3O4S2/c1-4-23-13-8-7-12(31(27,28)19(20,21)22)11-14(13)24(5-2)16(23)10-9-15-17(26)25(6-3)18(30)29-15/h7-11H,4-6H2,1-3H3. The minimum Gasteiger partial charge on any atom is -0.426 e. The normalized spacial score (nSPS) is 19.6. The Bertz CT molecular complexity index is 1100. The van der Waals surface area contributed by atoms with Gasteiger partial charge in [-0.15, -0.1) is 0 Å². The van der Waals surface area contributed by atoms with Gasteiger partial charge in [-0.05, 0) is 63.3 Å². The Morgan fingerprint density at radius 2 is 1.58 bits per heavy atom. The predicted molar refractivity (Wildman–Crippen MR) is 113 cm³/mol. The number of fused-ring (bicyclic) bond motifs is 1. The van der Waals surface area contributed by atoms with Gasteiger partial charge in [-0.1, -0.05) is 0 Å². The van der Waals surface area contributed by atoms with Crippen LogP contribution in [0, 0.1) is 0 Å². The van der Waals surface area contributed by atoms with Crippen molar-refractivity contribution >= 4 is 44.5 Å². The predicted octanol–water partition coefficient (Wildman–Crippen LogP) is 3.54. The molecule has 1 saturated heterocycles. The molecule has 0 saturated carbocycles. The number of carbonyl (C=O) groups is 1. The summed E-state index contributed by atoms with van der Waals surface area (Å²) in [5, 5.41) is 0.0496. The van der Waals surface area contributed by atoms with Gasteiger partial charge in [0.2, 0.25) is 0 Å². The van der Waals surface area contributed by atoms with E-state index in [1.807, 2.05) is 6.92 Å². The van der Waals surface area contributed by atoms with E-state index in [4.69, 9.17) is 17.0 Å². The van der Waals surface area contributed by atoms with Crippen molar-refractivity contribution < 1.29 is 31.1 Å². The number of rotatable bonds is 5. The number of carbonyl (C=O) groups excluding carboxylic acids is 1. The van der Waals surface area contributed by atoms with E-state index in [1.165, 1.54) is 17.0 Å². The minimum atomic E-state index is -5.48. The molecule has 0 bridgehead atoms. The Balaban J connectivity index is 2.06. The van der Waals surface area contributed by atoms with Crippen LogP contribution in [-0.4, -0.2) is 49.5 Å².